The van der Waals surface area contributed by atoms with E-state index in [4.69, 9.17) is 42.6 Å². The molecular formula is C32H50N2O40S4. The predicted octanol–water partition coefficient (Wildman–Crippen LogP) is -12.6. The fourth-order valence-corrected chi connectivity index (χ4v) is 10.1. The summed E-state index contributed by atoms with van der Waals surface area (Å²) >= 11 is 0. The largest absolute Gasteiger partial charge is 0.479 e. The van der Waals surface area contributed by atoms with Crippen LogP contribution in [0.25, 0.3) is 0 Å². The van der Waals surface area contributed by atoms with Gasteiger partial charge >= 0.3 is 59.4 Å². The molecule has 0 aromatic rings. The van der Waals surface area contributed by atoms with Gasteiger partial charge in [-0.2, -0.15) is 38.4 Å². The fraction of sp³-hybridized carbons (Fsp3) is 0.875. The molecule has 78 heavy (non-hydrogen) atoms. The van der Waals surface area contributed by atoms with Crippen molar-refractivity contribution in [2.45, 2.75) is 160 Å². The van der Waals surface area contributed by atoms with E-state index in [1.54, 1.807) is 0 Å². The molecule has 0 aliphatic carbocycles. The van der Waals surface area contributed by atoms with Crippen molar-refractivity contribution in [3.63, 3.8) is 0 Å². The minimum atomic E-state index is -6.01. The molecule has 18 N–H and O–H groups in total. The zero-order valence-corrected chi connectivity index (χ0v) is 41.7. The summed E-state index contributed by atoms with van der Waals surface area (Å²) in [6, 6.07) is -4.95. The van der Waals surface area contributed by atoms with Crippen molar-refractivity contribution in [3.05, 3.63) is 0 Å². The van der Waals surface area contributed by atoms with Gasteiger partial charge in [0, 0.05) is 6.92 Å². The van der Waals surface area contributed by atoms with E-state index >= 15 is 0 Å². The molecule has 42 nitrogen and oxygen atoms in total. The average Bonchev–Trinajstić information content (AvgIpc) is 3.29. The van der Waals surface area contributed by atoms with Gasteiger partial charge in [0.2, 0.25) is 5.91 Å². The predicted molar refractivity (Wildman–Crippen MR) is 223 cm³/mol. The first-order valence-electron chi connectivity index (χ1n) is 21.3. The maximum Gasteiger partial charge on any atom is 0.397 e. The number of aliphatic hydroxyl groups excluding tert-OH is 9. The number of ether oxygens (including phenoxy) is 9. The second kappa shape index (κ2) is 25.4. The smallest absolute Gasteiger partial charge is 0.397 e. The van der Waals surface area contributed by atoms with Crippen molar-refractivity contribution < 1.29 is 188 Å². The molecule has 5 saturated heterocycles. The Labute approximate surface area is 435 Å². The van der Waals surface area contributed by atoms with E-state index in [1.165, 1.54) is 4.72 Å². The Morgan fingerprint density at radius 2 is 0.872 bits per heavy atom. The van der Waals surface area contributed by atoms with Crippen LogP contribution in [0.1, 0.15) is 6.92 Å². The first-order valence-corrected chi connectivity index (χ1v) is 26.9. The number of hydrogen-bond donors (Lipinski definition) is 18. The van der Waals surface area contributed by atoms with Gasteiger partial charge in [0.1, 0.15) is 91.4 Å². The Bertz CT molecular complexity index is 2600. The molecule has 5 aliphatic rings. The number of aliphatic carboxylic acids is 3. The lowest BCUT2D eigenvalue weighted by atomic mass is 9.94. The monoisotopic (exact) mass is 1230 g/mol. The lowest BCUT2D eigenvalue weighted by Gasteiger charge is -2.50. The highest BCUT2D eigenvalue weighted by atomic mass is 32.3. The SMILES string of the molecule is CC(=O)N[C@H]1[C@@H](O[C@H]2[C@H](O)[C@@H](O)C(O)O[C@@H]2C(=O)O)O[C@H](COS(=O)(=O)O)[C@@H](O[C@@H]2O[C@H](C(=O)O)[C@@H](O[C@H]3O[C@H](CO)[C@@H](O[C@H]4O[C@@H](C(=O)O)[C@@H](O)[C@H](O)[C@H]4OS(=O)(=O)O)[C@H](O)[C@H]3NS(=O)(=O)O)[C@H](O)[C@H]2OS(=O)(=O)O)[C@@H]1O. The number of carboxylic acid groups (broad SMARTS) is 3. The maximum atomic E-state index is 12.9. The Kier molecular flexibility index (Phi) is 21.3. The summed E-state index contributed by atoms with van der Waals surface area (Å²) in [5.74, 6) is -7.54. The Hall–Kier alpha value is -3.36. The molecule has 25 atom stereocenters. The number of carbonyl (C=O) groups is 4. The van der Waals surface area contributed by atoms with Crippen LogP contribution in [0.2, 0.25) is 0 Å². The molecule has 5 rings (SSSR count). The fourth-order valence-electron chi connectivity index (χ4n) is 8.27. The van der Waals surface area contributed by atoms with Crippen molar-refractivity contribution in [3.8, 4) is 0 Å². The molecule has 5 aliphatic heterocycles. The highest BCUT2D eigenvalue weighted by Gasteiger charge is 2.60. The second-order valence-electron chi connectivity index (χ2n) is 17.0. The van der Waals surface area contributed by atoms with Crippen LogP contribution in [-0.2, 0) is 116 Å². The summed E-state index contributed by atoms with van der Waals surface area (Å²) in [7, 11) is -23.0. The van der Waals surface area contributed by atoms with Crippen molar-refractivity contribution in [2.24, 2.45) is 0 Å². The standard InChI is InChI=1S/C32H50N2O40S4/c1-4(36)33-7-9(37)17(6(3-63-76(54,55)56)65-29(7)69-18-13(41)14(42)28(50)66-23(18)26(46)47)68-32-22(74-78(60,61)62)15(43)19(24(72-32)27(48)49)70-30-8(34-75(51,52)53)10(38)16(5(2-35)64-30)67-31-21(73-77(57,58)59)12(40)11(39)20(71-31)25(44)45/h5-24,28-32,34-35,37-43,50H,2-3H2,1H3,(H,33,36)(H,44,45)(H,46,47)(H,48,49)(H,51,52,53)(H,54,55,56)(H,57,58,59)(H,60,61,62)/t5-,6-,7-,8-,9-,10-,11+,12+,13-,14-,15+,16-,17-,18+,19+,20-,21-,22-,23+,24+,28?,29-,30-,31+,32-/m1/s1. The van der Waals surface area contributed by atoms with E-state index in [0.29, 0.717) is 0 Å². The van der Waals surface area contributed by atoms with E-state index in [2.05, 4.69) is 12.5 Å². The van der Waals surface area contributed by atoms with Gasteiger partial charge in [-0.3, -0.25) is 23.0 Å². The number of hydrogen-bond acceptors (Lipinski definition) is 33. The molecule has 46 heteroatoms. The first kappa shape index (κ1) is 65.5. The average molecular weight is 1230 g/mol. The van der Waals surface area contributed by atoms with Gasteiger partial charge in [0.15, 0.2) is 62.0 Å². The molecular weight excluding hydrogens is 1180 g/mol. The van der Waals surface area contributed by atoms with Gasteiger partial charge in [-0.05, 0) is 0 Å². The van der Waals surface area contributed by atoms with Crippen LogP contribution in [0.5, 0.6) is 0 Å². The summed E-state index contributed by atoms with van der Waals surface area (Å²) < 4.78 is 196. The minimum Gasteiger partial charge on any atom is -0.479 e. The van der Waals surface area contributed by atoms with E-state index in [1.807, 2.05) is 5.32 Å². The normalized spacial score (nSPS) is 42.1. The van der Waals surface area contributed by atoms with Crippen molar-refractivity contribution in [1.29, 1.82) is 0 Å². The number of rotatable bonds is 22. The molecule has 0 bridgehead atoms. The number of amides is 1. The second-order valence-corrected chi connectivity index (χ2v) is 21.3. The van der Waals surface area contributed by atoms with Gasteiger partial charge in [-0.15, -0.1) is 0 Å². The number of aliphatic hydroxyl groups is 9. The van der Waals surface area contributed by atoms with Crippen LogP contribution in [0.3, 0.4) is 0 Å². The summed E-state index contributed by atoms with van der Waals surface area (Å²) in [5.41, 5.74) is 0. The van der Waals surface area contributed by atoms with Crippen LogP contribution < -0.4 is 10.0 Å². The molecule has 5 fully saturated rings. The van der Waals surface area contributed by atoms with E-state index in [0.717, 1.165) is 6.92 Å². The molecule has 0 saturated carbocycles. The van der Waals surface area contributed by atoms with Gasteiger partial charge in [0.25, 0.3) is 0 Å². The van der Waals surface area contributed by atoms with Gasteiger partial charge in [0.05, 0.1) is 13.2 Å². The molecule has 0 radical (unpaired) electrons. The number of nitrogens with one attached hydrogen (secondary N) is 2. The van der Waals surface area contributed by atoms with Crippen molar-refractivity contribution in [2.75, 3.05) is 13.2 Å². The molecule has 5 heterocycles. The summed E-state index contributed by atoms with van der Waals surface area (Å²) in [5, 5.41) is 128. The summed E-state index contributed by atoms with van der Waals surface area (Å²) in [4.78, 5) is 49.2. The van der Waals surface area contributed by atoms with Crippen molar-refractivity contribution >= 4 is 65.3 Å². The van der Waals surface area contributed by atoms with E-state index in [-0.39, 0.29) is 0 Å². The molecule has 452 valence electrons. The van der Waals surface area contributed by atoms with Crippen molar-refractivity contribution in [1.82, 2.24) is 10.0 Å². The lowest BCUT2D eigenvalue weighted by molar-refractivity contribution is -0.373. The van der Waals surface area contributed by atoms with Crippen LogP contribution >= 0.6 is 0 Å². The quantitative estimate of drug-likeness (QED) is 0.0448. The first-order chi connectivity index (χ1) is 35.7. The lowest BCUT2D eigenvalue weighted by Crippen LogP contribution is -2.71. The number of carboxylic acids is 3. The zero-order chi connectivity index (χ0) is 59.1. The molecule has 0 spiro atoms. The Morgan fingerprint density at radius 3 is 1.33 bits per heavy atom. The minimum absolute atomic E-state index is 0.762. The molecule has 1 unspecified atom stereocenters. The number of carbonyl (C=O) groups excluding carboxylic acids is 1. The van der Waals surface area contributed by atoms with Crippen LogP contribution in [0, 0.1) is 0 Å². The zero-order valence-electron chi connectivity index (χ0n) is 38.4. The van der Waals surface area contributed by atoms with Crippen LogP contribution in [-0.4, -0.2) is 304 Å². The van der Waals surface area contributed by atoms with E-state index < -0.39 is 232 Å². The molecule has 1 amide bonds. The van der Waals surface area contributed by atoms with Gasteiger partial charge in [-0.1, -0.05) is 0 Å². The van der Waals surface area contributed by atoms with E-state index in [9.17, 15) is 132 Å². The highest BCUT2D eigenvalue weighted by Crippen LogP contribution is 2.38. The van der Waals surface area contributed by atoms with Crippen LogP contribution in [0.4, 0.5) is 0 Å². The maximum absolute atomic E-state index is 12.9. The van der Waals surface area contributed by atoms with Gasteiger partial charge in [-0.25, -0.2) is 26.9 Å². The third-order valence-corrected chi connectivity index (χ3v) is 13.5. The Morgan fingerprint density at radius 1 is 0.462 bits per heavy atom. The third kappa shape index (κ3) is 16.2. The Balaban J connectivity index is 1.52. The molecule has 0 aromatic carbocycles. The summed E-state index contributed by atoms with van der Waals surface area (Å²) in [6.07, 6.45) is -60.3. The highest BCUT2D eigenvalue weighted by molar-refractivity contribution is 7.83. The van der Waals surface area contributed by atoms with Gasteiger partial charge < -0.3 is 109 Å². The third-order valence-electron chi connectivity index (χ3n) is 11.6. The van der Waals surface area contributed by atoms with Crippen LogP contribution in [0.15, 0.2) is 0 Å². The summed E-state index contributed by atoms with van der Waals surface area (Å²) in [6.45, 7) is -2.34. The topological polar surface area (TPSA) is 663 Å². The molecule has 0 aromatic heterocycles.